The minimum absolute atomic E-state index is 0.139. The fourth-order valence-electron chi connectivity index (χ4n) is 2.70. The summed E-state index contributed by atoms with van der Waals surface area (Å²) in [4.78, 5) is 29.5. The zero-order valence-electron chi connectivity index (χ0n) is 15.9. The van der Waals surface area contributed by atoms with E-state index in [0.29, 0.717) is 16.9 Å². The molecule has 10 heteroatoms. The van der Waals surface area contributed by atoms with Crippen molar-refractivity contribution in [3.8, 4) is 0 Å². The quantitative estimate of drug-likeness (QED) is 0.773. The van der Waals surface area contributed by atoms with Crippen LogP contribution in [0.4, 0.5) is 16.2 Å². The number of aliphatic imine (C=N–C) groups is 1. The van der Waals surface area contributed by atoms with E-state index in [9.17, 15) is 18.0 Å². The molecule has 29 heavy (non-hydrogen) atoms. The first-order valence-corrected chi connectivity index (χ1v) is 10.3. The molecule has 2 aromatic rings. The molecule has 0 bridgehead atoms. The van der Waals surface area contributed by atoms with Crippen LogP contribution >= 0.6 is 0 Å². The average Bonchev–Trinajstić information content (AvgIpc) is 2.97. The van der Waals surface area contributed by atoms with Gasteiger partial charge in [-0.2, -0.15) is 0 Å². The van der Waals surface area contributed by atoms with Gasteiger partial charge in [-0.1, -0.05) is 12.1 Å². The van der Waals surface area contributed by atoms with Crippen molar-refractivity contribution in [3.63, 3.8) is 0 Å². The van der Waals surface area contributed by atoms with E-state index in [1.54, 1.807) is 56.4 Å². The van der Waals surface area contributed by atoms with Gasteiger partial charge in [-0.05, 0) is 43.3 Å². The van der Waals surface area contributed by atoms with Crippen molar-refractivity contribution in [1.82, 2.24) is 4.72 Å². The molecule has 0 radical (unpaired) electrons. The lowest BCUT2D eigenvalue weighted by atomic mass is 10.2. The fraction of sp³-hybridized carbons (Fsp3) is 0.211. The molecule has 1 aliphatic heterocycles. The lowest BCUT2D eigenvalue weighted by molar-refractivity contribution is -0.114. The van der Waals surface area contributed by atoms with Gasteiger partial charge < -0.3 is 10.1 Å². The van der Waals surface area contributed by atoms with Crippen molar-refractivity contribution in [1.29, 1.82) is 0 Å². The van der Waals surface area contributed by atoms with Crippen LogP contribution in [0.2, 0.25) is 0 Å². The molecule has 0 spiro atoms. The van der Waals surface area contributed by atoms with E-state index in [1.807, 2.05) is 0 Å². The molecule has 0 saturated carbocycles. The number of ether oxygens (including phenoxy) is 1. The largest absolute Gasteiger partial charge is 0.449 e. The van der Waals surface area contributed by atoms with Crippen LogP contribution in [0, 0.1) is 0 Å². The number of fused-ring (bicyclic) bond motifs is 1. The number of amides is 2. The van der Waals surface area contributed by atoms with Gasteiger partial charge in [0.15, 0.2) is 0 Å². The first-order valence-electron chi connectivity index (χ1n) is 8.79. The third-order valence-electron chi connectivity index (χ3n) is 4.12. The lowest BCUT2D eigenvalue weighted by Gasteiger charge is -2.16. The highest BCUT2D eigenvalue weighted by molar-refractivity contribution is 7.90. The third kappa shape index (κ3) is 4.54. The zero-order valence-corrected chi connectivity index (χ0v) is 16.7. The van der Waals surface area contributed by atoms with Crippen molar-refractivity contribution in [2.45, 2.75) is 11.8 Å². The maximum Gasteiger partial charge on any atom is 0.413 e. The summed E-state index contributed by atoms with van der Waals surface area (Å²) in [6, 6.07) is 13.0. The average molecular weight is 416 g/mol. The molecule has 9 nitrogen and oxygen atoms in total. The Kier molecular flexibility index (Phi) is 5.83. The molecule has 0 saturated heterocycles. The third-order valence-corrected chi connectivity index (χ3v) is 5.52. The van der Waals surface area contributed by atoms with Gasteiger partial charge in [0, 0.05) is 24.0 Å². The molecule has 152 valence electrons. The Bertz CT molecular complexity index is 1060. The van der Waals surface area contributed by atoms with Crippen LogP contribution < -0.4 is 14.9 Å². The second kappa shape index (κ2) is 8.31. The van der Waals surface area contributed by atoms with Crippen LogP contribution in [0.1, 0.15) is 12.5 Å². The molecular weight excluding hydrogens is 396 g/mol. The number of hydrogen-bond donors (Lipinski definition) is 2. The van der Waals surface area contributed by atoms with Crippen molar-refractivity contribution in [2.75, 3.05) is 30.4 Å². The lowest BCUT2D eigenvalue weighted by Crippen LogP contribution is -2.27. The highest BCUT2D eigenvalue weighted by Crippen LogP contribution is 2.22. The second-order valence-corrected chi connectivity index (χ2v) is 7.77. The van der Waals surface area contributed by atoms with Gasteiger partial charge in [0.05, 0.1) is 11.5 Å². The molecule has 0 fully saturated rings. The Morgan fingerprint density at radius 1 is 1.14 bits per heavy atom. The van der Waals surface area contributed by atoms with E-state index in [-0.39, 0.29) is 23.9 Å². The van der Waals surface area contributed by atoms with E-state index >= 15 is 0 Å². The van der Waals surface area contributed by atoms with Gasteiger partial charge in [0.1, 0.15) is 12.4 Å². The summed E-state index contributed by atoms with van der Waals surface area (Å²) in [7, 11) is -2.06. The maximum absolute atomic E-state index is 12.2. The van der Waals surface area contributed by atoms with Crippen LogP contribution in [-0.2, 0) is 19.6 Å². The van der Waals surface area contributed by atoms with Crippen LogP contribution in [0.3, 0.4) is 0 Å². The van der Waals surface area contributed by atoms with Crippen molar-refractivity contribution < 1.29 is 22.7 Å². The SMILES string of the molecule is CCOC(=O)N(C)c1ccc(NC(=O)CN=C2NS(=O)(=O)c3ccccc32)cc1. The number of benzene rings is 2. The first-order chi connectivity index (χ1) is 13.8. The second-order valence-electron chi connectivity index (χ2n) is 6.12. The predicted octanol–water partition coefficient (Wildman–Crippen LogP) is 1.96. The number of carbonyl (C=O) groups is 2. The summed E-state index contributed by atoms with van der Waals surface area (Å²) >= 11 is 0. The molecule has 2 N–H and O–H groups in total. The number of hydrogen-bond acceptors (Lipinski definition) is 6. The van der Waals surface area contributed by atoms with Crippen molar-refractivity contribution >= 4 is 39.2 Å². The molecule has 2 aromatic carbocycles. The van der Waals surface area contributed by atoms with Crippen LogP contribution in [0.25, 0.3) is 0 Å². The van der Waals surface area contributed by atoms with Crippen molar-refractivity contribution in [2.24, 2.45) is 4.99 Å². The van der Waals surface area contributed by atoms with E-state index in [0.717, 1.165) is 0 Å². The summed E-state index contributed by atoms with van der Waals surface area (Å²) in [5.41, 5.74) is 1.56. The molecule has 1 heterocycles. The molecule has 0 aliphatic carbocycles. The normalized spacial score (nSPS) is 15.3. The van der Waals surface area contributed by atoms with E-state index < -0.39 is 22.0 Å². The molecule has 2 amide bonds. The van der Waals surface area contributed by atoms with Gasteiger partial charge in [0.2, 0.25) is 5.91 Å². The monoisotopic (exact) mass is 416 g/mol. The Labute approximate surface area is 168 Å². The van der Waals surface area contributed by atoms with E-state index in [2.05, 4.69) is 15.0 Å². The van der Waals surface area contributed by atoms with Crippen LogP contribution in [-0.4, -0.2) is 46.5 Å². The molecule has 0 aromatic heterocycles. The van der Waals surface area contributed by atoms with Crippen LogP contribution in [0.15, 0.2) is 58.4 Å². The number of sulfonamides is 1. The molecule has 3 rings (SSSR count). The topological polar surface area (TPSA) is 117 Å². The fourth-order valence-corrected chi connectivity index (χ4v) is 3.95. The van der Waals surface area contributed by atoms with Gasteiger partial charge in [-0.3, -0.25) is 19.4 Å². The minimum atomic E-state index is -3.64. The predicted molar refractivity (Wildman–Crippen MR) is 109 cm³/mol. The summed E-state index contributed by atoms with van der Waals surface area (Å²) in [5.74, 6) is -0.269. The first kappa shape index (κ1) is 20.3. The molecule has 1 aliphatic rings. The van der Waals surface area contributed by atoms with Gasteiger partial charge in [-0.15, -0.1) is 0 Å². The Morgan fingerprint density at radius 3 is 2.52 bits per heavy atom. The summed E-state index contributed by atoms with van der Waals surface area (Å²) in [5, 5.41) is 2.67. The molecular formula is C19H20N4O5S. The smallest absolute Gasteiger partial charge is 0.413 e. The Morgan fingerprint density at radius 2 is 1.83 bits per heavy atom. The number of nitrogens with one attached hydrogen (secondary N) is 2. The highest BCUT2D eigenvalue weighted by Gasteiger charge is 2.30. The maximum atomic E-state index is 12.2. The Balaban J connectivity index is 1.63. The minimum Gasteiger partial charge on any atom is -0.449 e. The Hall–Kier alpha value is -3.40. The number of rotatable bonds is 5. The van der Waals surface area contributed by atoms with E-state index in [4.69, 9.17) is 4.74 Å². The van der Waals surface area contributed by atoms with Crippen molar-refractivity contribution in [3.05, 3.63) is 54.1 Å². The standard InChI is InChI=1S/C19H20N4O5S/c1-3-28-19(25)23(2)14-10-8-13(9-11-14)21-17(24)12-20-18-15-6-4-5-7-16(15)29(26,27)22-18/h4-11H,3,12H2,1-2H3,(H,20,22)(H,21,24). The summed E-state index contributed by atoms with van der Waals surface area (Å²) in [6.07, 6.45) is -0.473. The van der Waals surface area contributed by atoms with Gasteiger partial charge in [-0.25, -0.2) is 13.2 Å². The number of carbonyl (C=O) groups excluding carboxylic acids is 2. The van der Waals surface area contributed by atoms with Crippen LogP contribution in [0.5, 0.6) is 0 Å². The number of anilines is 2. The summed E-state index contributed by atoms with van der Waals surface area (Å²) in [6.45, 7) is 1.75. The number of amidine groups is 1. The molecule has 0 unspecified atom stereocenters. The van der Waals surface area contributed by atoms with E-state index in [1.165, 1.54) is 11.0 Å². The molecule has 0 atom stereocenters. The van der Waals surface area contributed by atoms with Gasteiger partial charge in [0.25, 0.3) is 10.0 Å². The highest BCUT2D eigenvalue weighted by atomic mass is 32.2. The zero-order chi connectivity index (χ0) is 21.0. The summed E-state index contributed by atoms with van der Waals surface area (Å²) < 4.78 is 31.4. The number of nitrogens with zero attached hydrogens (tertiary/aromatic N) is 2. The van der Waals surface area contributed by atoms with Gasteiger partial charge >= 0.3 is 6.09 Å².